The third-order valence-electron chi connectivity index (χ3n) is 2.70. The molecular weight excluding hydrogens is 268 g/mol. The third kappa shape index (κ3) is 4.04. The van der Waals surface area contributed by atoms with Crippen LogP contribution in [0, 0.1) is 6.92 Å². The van der Waals surface area contributed by atoms with Crippen LogP contribution in [-0.2, 0) is 11.0 Å². The lowest BCUT2D eigenvalue weighted by Crippen LogP contribution is -2.35. The van der Waals surface area contributed by atoms with Gasteiger partial charge in [-0.25, -0.2) is 13.9 Å². The van der Waals surface area contributed by atoms with Crippen LogP contribution in [0.5, 0.6) is 0 Å². The minimum Gasteiger partial charge on any atom is -0.244 e. The van der Waals surface area contributed by atoms with Gasteiger partial charge < -0.3 is 0 Å². The Morgan fingerprint density at radius 2 is 2.11 bits per heavy atom. The lowest BCUT2D eigenvalue weighted by molar-refractivity contribution is 0.587. The van der Waals surface area contributed by atoms with Gasteiger partial charge in [-0.05, 0) is 51.3 Å². The lowest BCUT2D eigenvalue weighted by Gasteiger charge is -2.24. The minimum absolute atomic E-state index is 0.0329. The fraction of sp³-hybridized carbons (Fsp3) is 0.615. The first kappa shape index (κ1) is 15.6. The predicted molar refractivity (Wildman–Crippen MR) is 78.0 cm³/mol. The van der Waals surface area contributed by atoms with Gasteiger partial charge in [0, 0.05) is 12.2 Å². The fourth-order valence-corrected chi connectivity index (χ4v) is 2.63. The molecule has 0 aliphatic heterocycles. The lowest BCUT2D eigenvalue weighted by atomic mass is 10.0. The summed E-state index contributed by atoms with van der Waals surface area (Å²) in [6.45, 7) is 9.91. The summed E-state index contributed by atoms with van der Waals surface area (Å²) in [5.74, 6) is 0. The van der Waals surface area contributed by atoms with Gasteiger partial charge in [0.2, 0.25) is 0 Å². The highest BCUT2D eigenvalue weighted by molar-refractivity contribution is 7.84. The van der Waals surface area contributed by atoms with Crippen molar-refractivity contribution in [1.29, 1.82) is 0 Å². The summed E-state index contributed by atoms with van der Waals surface area (Å²) in [5.41, 5.74) is 2.12. The Labute approximate surface area is 117 Å². The van der Waals surface area contributed by atoms with Crippen molar-refractivity contribution in [3.8, 4) is 0 Å². The zero-order valence-electron chi connectivity index (χ0n) is 11.6. The van der Waals surface area contributed by atoms with Crippen molar-refractivity contribution in [3.63, 3.8) is 0 Å². The highest BCUT2D eigenvalue weighted by atomic mass is 35.5. The van der Waals surface area contributed by atoms with Gasteiger partial charge in [0.05, 0.1) is 15.7 Å². The molecule has 0 amide bonds. The van der Waals surface area contributed by atoms with E-state index < -0.39 is 11.0 Å². The highest BCUT2D eigenvalue weighted by Gasteiger charge is 2.23. The van der Waals surface area contributed by atoms with Crippen LogP contribution in [0.4, 0.5) is 0 Å². The molecule has 1 aromatic heterocycles. The SMILES string of the molecule is CCC(NS(=O)C(C)(C)C)c1cc(Cl)ncc1C. The molecular formula is C13H21ClN2OS. The monoisotopic (exact) mass is 288 g/mol. The zero-order chi connectivity index (χ0) is 13.9. The van der Waals surface area contributed by atoms with Crippen molar-refractivity contribution in [1.82, 2.24) is 9.71 Å². The number of nitrogens with zero attached hydrogens (tertiary/aromatic N) is 1. The topological polar surface area (TPSA) is 42.0 Å². The molecule has 1 aromatic rings. The number of aryl methyl sites for hydroxylation is 1. The maximum absolute atomic E-state index is 12.2. The molecule has 0 spiro atoms. The molecule has 102 valence electrons. The molecule has 0 aliphatic carbocycles. The van der Waals surface area contributed by atoms with E-state index >= 15 is 0 Å². The zero-order valence-corrected chi connectivity index (χ0v) is 13.2. The van der Waals surface area contributed by atoms with E-state index in [1.807, 2.05) is 33.8 Å². The largest absolute Gasteiger partial charge is 0.244 e. The Morgan fingerprint density at radius 3 is 2.61 bits per heavy atom. The Morgan fingerprint density at radius 1 is 1.50 bits per heavy atom. The van der Waals surface area contributed by atoms with E-state index in [2.05, 4.69) is 16.6 Å². The van der Waals surface area contributed by atoms with Gasteiger partial charge in [0.25, 0.3) is 0 Å². The molecule has 18 heavy (non-hydrogen) atoms. The van der Waals surface area contributed by atoms with Gasteiger partial charge in [-0.3, -0.25) is 0 Å². The molecule has 2 atom stereocenters. The third-order valence-corrected chi connectivity index (χ3v) is 4.52. The fourth-order valence-electron chi connectivity index (χ4n) is 1.56. The van der Waals surface area contributed by atoms with E-state index in [0.29, 0.717) is 5.15 Å². The van der Waals surface area contributed by atoms with Crippen molar-refractivity contribution in [3.05, 3.63) is 28.5 Å². The maximum atomic E-state index is 12.2. The van der Waals surface area contributed by atoms with Crippen LogP contribution in [0.15, 0.2) is 12.3 Å². The number of pyridine rings is 1. The van der Waals surface area contributed by atoms with Crippen LogP contribution in [0.2, 0.25) is 5.15 Å². The van der Waals surface area contributed by atoms with Gasteiger partial charge >= 0.3 is 0 Å². The molecule has 0 bridgehead atoms. The summed E-state index contributed by atoms with van der Waals surface area (Å²) in [5, 5.41) is 0.470. The Kier molecular flexibility index (Phi) is 5.32. The summed E-state index contributed by atoms with van der Waals surface area (Å²) in [6, 6.07) is 1.88. The van der Waals surface area contributed by atoms with E-state index in [4.69, 9.17) is 11.6 Å². The molecule has 0 saturated carbocycles. The second kappa shape index (κ2) is 6.13. The minimum atomic E-state index is -1.10. The van der Waals surface area contributed by atoms with Crippen molar-refractivity contribution in [2.75, 3.05) is 0 Å². The molecule has 5 heteroatoms. The van der Waals surface area contributed by atoms with E-state index in [0.717, 1.165) is 17.5 Å². The highest BCUT2D eigenvalue weighted by Crippen LogP contribution is 2.24. The number of hydrogen-bond donors (Lipinski definition) is 1. The van der Waals surface area contributed by atoms with E-state index in [1.165, 1.54) is 0 Å². The van der Waals surface area contributed by atoms with Crippen LogP contribution in [-0.4, -0.2) is 13.9 Å². The molecule has 1 heterocycles. The molecule has 0 aromatic carbocycles. The van der Waals surface area contributed by atoms with Crippen LogP contribution in [0.3, 0.4) is 0 Å². The quantitative estimate of drug-likeness (QED) is 0.861. The average molecular weight is 289 g/mol. The summed E-state index contributed by atoms with van der Waals surface area (Å²) in [6.07, 6.45) is 2.60. The van der Waals surface area contributed by atoms with Gasteiger partial charge in [-0.2, -0.15) is 0 Å². The molecule has 1 N–H and O–H groups in total. The molecule has 0 saturated heterocycles. The van der Waals surface area contributed by atoms with Crippen molar-refractivity contribution >= 4 is 22.6 Å². The number of halogens is 1. The van der Waals surface area contributed by atoms with E-state index in [1.54, 1.807) is 6.20 Å². The van der Waals surface area contributed by atoms with E-state index in [-0.39, 0.29) is 10.8 Å². The van der Waals surface area contributed by atoms with Gasteiger partial charge in [0.1, 0.15) is 5.15 Å². The first-order valence-corrected chi connectivity index (χ1v) is 7.58. The molecule has 0 radical (unpaired) electrons. The molecule has 2 unspecified atom stereocenters. The Bertz CT molecular complexity index is 443. The van der Waals surface area contributed by atoms with Crippen LogP contribution in [0.25, 0.3) is 0 Å². The Balaban J connectivity index is 2.97. The molecule has 3 nitrogen and oxygen atoms in total. The first-order chi connectivity index (χ1) is 8.25. The molecule has 0 aliphatic rings. The van der Waals surface area contributed by atoms with Crippen LogP contribution in [0.1, 0.15) is 51.3 Å². The summed E-state index contributed by atoms with van der Waals surface area (Å²) >= 11 is 5.93. The smallest absolute Gasteiger partial charge is 0.129 e. The predicted octanol–water partition coefficient (Wildman–Crippen LogP) is 3.55. The standard InChI is InChI=1S/C13H21ClN2OS/c1-6-11(16-18(17)13(3,4)5)10-7-12(14)15-8-9(10)2/h7-8,11,16H,6H2,1-5H3. The normalized spacial score (nSPS) is 15.4. The second-order valence-corrected chi connectivity index (χ2v) is 7.71. The molecule has 1 rings (SSSR count). The van der Waals surface area contributed by atoms with Gasteiger partial charge in [-0.1, -0.05) is 18.5 Å². The summed E-state index contributed by atoms with van der Waals surface area (Å²) in [4.78, 5) is 4.05. The average Bonchev–Trinajstić information content (AvgIpc) is 2.28. The first-order valence-electron chi connectivity index (χ1n) is 6.05. The Hall–Kier alpha value is -0.450. The van der Waals surface area contributed by atoms with Crippen LogP contribution < -0.4 is 4.72 Å². The number of aromatic nitrogens is 1. The van der Waals surface area contributed by atoms with Crippen LogP contribution >= 0.6 is 11.6 Å². The van der Waals surface area contributed by atoms with Gasteiger partial charge in [-0.15, -0.1) is 0 Å². The van der Waals surface area contributed by atoms with Crippen molar-refractivity contribution in [2.45, 2.75) is 51.8 Å². The number of rotatable bonds is 4. The maximum Gasteiger partial charge on any atom is 0.129 e. The van der Waals surface area contributed by atoms with Gasteiger partial charge in [0.15, 0.2) is 0 Å². The summed E-state index contributed by atoms with van der Waals surface area (Å²) < 4.78 is 15.1. The second-order valence-electron chi connectivity index (χ2n) is 5.32. The number of hydrogen-bond acceptors (Lipinski definition) is 2. The van der Waals surface area contributed by atoms with Crippen molar-refractivity contribution in [2.24, 2.45) is 0 Å². The summed E-state index contributed by atoms with van der Waals surface area (Å²) in [7, 11) is -1.10. The van der Waals surface area contributed by atoms with E-state index in [9.17, 15) is 4.21 Å². The van der Waals surface area contributed by atoms with Crippen molar-refractivity contribution < 1.29 is 4.21 Å². The number of nitrogens with one attached hydrogen (secondary N) is 1. The molecule has 0 fully saturated rings.